The van der Waals surface area contributed by atoms with E-state index in [1.807, 2.05) is 13.8 Å². The lowest BCUT2D eigenvalue weighted by molar-refractivity contribution is 0.0942. The number of aliphatic hydroxyl groups is 1. The number of rotatable bonds is 7. The van der Waals surface area contributed by atoms with Gasteiger partial charge in [-0.05, 0) is 50.6 Å². The van der Waals surface area contributed by atoms with E-state index >= 15 is 0 Å². The van der Waals surface area contributed by atoms with Crippen LogP contribution >= 0.6 is 0 Å². The van der Waals surface area contributed by atoms with Gasteiger partial charge in [-0.1, -0.05) is 0 Å². The number of ether oxygens (including phenoxy) is 1. The molecule has 1 unspecified atom stereocenters. The second-order valence-electron chi connectivity index (χ2n) is 5.31. The number of hydrogen-bond acceptors (Lipinski definition) is 4. The van der Waals surface area contributed by atoms with Crippen molar-refractivity contribution in [3.63, 3.8) is 0 Å². The first-order valence-corrected chi connectivity index (χ1v) is 7.31. The number of benzene rings is 1. The molecule has 1 heterocycles. The Kier molecular flexibility index (Phi) is 5.61. The van der Waals surface area contributed by atoms with Crippen molar-refractivity contribution < 1.29 is 19.1 Å². The van der Waals surface area contributed by atoms with Gasteiger partial charge < -0.3 is 19.6 Å². The lowest BCUT2D eigenvalue weighted by Crippen LogP contribution is -2.25. The van der Waals surface area contributed by atoms with Crippen LogP contribution in [0.1, 0.15) is 42.3 Å². The highest BCUT2D eigenvalue weighted by atomic mass is 16.5. The number of hydrogen-bond donors (Lipinski definition) is 2. The molecule has 0 saturated carbocycles. The van der Waals surface area contributed by atoms with Crippen molar-refractivity contribution >= 4 is 5.91 Å². The van der Waals surface area contributed by atoms with Crippen LogP contribution in [0.2, 0.25) is 0 Å². The van der Waals surface area contributed by atoms with Crippen molar-refractivity contribution in [3.8, 4) is 5.75 Å². The Morgan fingerprint density at radius 1 is 1.27 bits per heavy atom. The largest absolute Gasteiger partial charge is 0.491 e. The van der Waals surface area contributed by atoms with Gasteiger partial charge in [0.1, 0.15) is 5.75 Å². The maximum Gasteiger partial charge on any atom is 0.251 e. The number of aliphatic hydroxyl groups excluding tert-OH is 1. The number of furan rings is 1. The van der Waals surface area contributed by atoms with Gasteiger partial charge in [0.2, 0.25) is 0 Å². The van der Waals surface area contributed by atoms with E-state index in [4.69, 9.17) is 9.15 Å². The van der Waals surface area contributed by atoms with Crippen LogP contribution in [0.3, 0.4) is 0 Å². The number of carbonyl (C=O) groups is 1. The summed E-state index contributed by atoms with van der Waals surface area (Å²) in [5.41, 5.74) is 1.28. The molecule has 22 heavy (non-hydrogen) atoms. The third-order valence-electron chi connectivity index (χ3n) is 3.12. The second kappa shape index (κ2) is 7.66. The fraction of sp³-hybridized carbons (Fsp3) is 0.353. The van der Waals surface area contributed by atoms with Crippen LogP contribution in [-0.4, -0.2) is 23.7 Å². The summed E-state index contributed by atoms with van der Waals surface area (Å²) in [6.07, 6.45) is 2.91. The molecule has 0 aliphatic heterocycles. The SMILES string of the molecule is CC(C)Oc1ccc(C(=O)NCCC(O)c2ccoc2)cc1. The molecule has 118 valence electrons. The monoisotopic (exact) mass is 303 g/mol. The first kappa shape index (κ1) is 16.1. The molecule has 5 heteroatoms. The summed E-state index contributed by atoms with van der Waals surface area (Å²) in [5, 5.41) is 12.7. The van der Waals surface area contributed by atoms with Gasteiger partial charge in [0.15, 0.2) is 0 Å². The predicted octanol–water partition coefficient (Wildman–Crippen LogP) is 2.92. The molecule has 2 rings (SSSR count). The van der Waals surface area contributed by atoms with Gasteiger partial charge in [-0.2, -0.15) is 0 Å². The maximum absolute atomic E-state index is 12.0. The molecule has 0 aliphatic rings. The van der Waals surface area contributed by atoms with Crippen LogP contribution in [0.4, 0.5) is 0 Å². The molecule has 5 nitrogen and oxygen atoms in total. The lowest BCUT2D eigenvalue weighted by Gasteiger charge is -2.11. The normalized spacial score (nSPS) is 12.2. The fourth-order valence-corrected chi connectivity index (χ4v) is 2.01. The van der Waals surface area contributed by atoms with E-state index in [0.29, 0.717) is 24.1 Å². The molecule has 2 aromatic rings. The smallest absolute Gasteiger partial charge is 0.251 e. The van der Waals surface area contributed by atoms with Crippen molar-refractivity contribution in [2.45, 2.75) is 32.5 Å². The molecule has 0 radical (unpaired) electrons. The Labute approximate surface area is 129 Å². The predicted molar refractivity (Wildman–Crippen MR) is 82.8 cm³/mol. The van der Waals surface area contributed by atoms with Crippen molar-refractivity contribution in [3.05, 3.63) is 54.0 Å². The van der Waals surface area contributed by atoms with Crippen LogP contribution < -0.4 is 10.1 Å². The van der Waals surface area contributed by atoms with Gasteiger partial charge >= 0.3 is 0 Å². The van der Waals surface area contributed by atoms with E-state index in [0.717, 1.165) is 5.75 Å². The van der Waals surface area contributed by atoms with E-state index in [9.17, 15) is 9.90 Å². The highest BCUT2D eigenvalue weighted by molar-refractivity contribution is 5.94. The van der Waals surface area contributed by atoms with Gasteiger partial charge in [0.05, 0.1) is 24.7 Å². The average molecular weight is 303 g/mol. The summed E-state index contributed by atoms with van der Waals surface area (Å²) in [7, 11) is 0. The summed E-state index contributed by atoms with van der Waals surface area (Å²) in [5.74, 6) is 0.567. The van der Waals surface area contributed by atoms with E-state index < -0.39 is 6.10 Å². The zero-order valence-electron chi connectivity index (χ0n) is 12.8. The molecule has 0 spiro atoms. The Morgan fingerprint density at radius 3 is 2.59 bits per heavy atom. The minimum Gasteiger partial charge on any atom is -0.491 e. The van der Waals surface area contributed by atoms with Crippen LogP contribution in [0.15, 0.2) is 47.3 Å². The van der Waals surface area contributed by atoms with E-state index in [2.05, 4.69) is 5.32 Å². The number of carbonyl (C=O) groups excluding carboxylic acids is 1. The van der Waals surface area contributed by atoms with Gasteiger partial charge in [-0.3, -0.25) is 4.79 Å². The summed E-state index contributed by atoms with van der Waals surface area (Å²) in [6.45, 7) is 4.29. The lowest BCUT2D eigenvalue weighted by atomic mass is 10.1. The molecular weight excluding hydrogens is 282 g/mol. The van der Waals surface area contributed by atoms with Gasteiger partial charge in [0, 0.05) is 17.7 Å². The minimum atomic E-state index is -0.638. The second-order valence-corrected chi connectivity index (χ2v) is 5.31. The first-order chi connectivity index (χ1) is 10.6. The van der Waals surface area contributed by atoms with Crippen LogP contribution in [0, 0.1) is 0 Å². The van der Waals surface area contributed by atoms with Crippen LogP contribution in [0.5, 0.6) is 5.75 Å². The zero-order valence-corrected chi connectivity index (χ0v) is 12.8. The Morgan fingerprint density at radius 2 is 2.00 bits per heavy atom. The summed E-state index contributed by atoms with van der Waals surface area (Å²) < 4.78 is 10.4. The topological polar surface area (TPSA) is 71.7 Å². The Balaban J connectivity index is 1.79. The standard InChI is InChI=1S/C17H21NO4/c1-12(2)22-15-5-3-13(4-6-15)17(20)18-9-7-16(19)14-8-10-21-11-14/h3-6,8,10-12,16,19H,7,9H2,1-2H3,(H,18,20). The van der Waals surface area contributed by atoms with Crippen molar-refractivity contribution in [2.24, 2.45) is 0 Å². The number of nitrogens with one attached hydrogen (secondary N) is 1. The summed E-state index contributed by atoms with van der Waals surface area (Å²) >= 11 is 0. The zero-order chi connectivity index (χ0) is 15.9. The van der Waals surface area contributed by atoms with Crippen LogP contribution in [-0.2, 0) is 0 Å². The molecule has 1 aromatic carbocycles. The van der Waals surface area contributed by atoms with Crippen molar-refractivity contribution in [1.29, 1.82) is 0 Å². The van der Waals surface area contributed by atoms with Crippen molar-refractivity contribution in [1.82, 2.24) is 5.32 Å². The average Bonchev–Trinajstić information content (AvgIpc) is 3.01. The van der Waals surface area contributed by atoms with E-state index in [-0.39, 0.29) is 12.0 Å². The molecule has 0 fully saturated rings. The summed E-state index contributed by atoms with van der Waals surface area (Å²) in [4.78, 5) is 12.0. The molecule has 1 aromatic heterocycles. The van der Waals surface area contributed by atoms with E-state index in [1.165, 1.54) is 12.5 Å². The summed E-state index contributed by atoms with van der Waals surface area (Å²) in [6, 6.07) is 8.70. The third kappa shape index (κ3) is 4.63. The Hall–Kier alpha value is -2.27. The minimum absolute atomic E-state index is 0.101. The van der Waals surface area contributed by atoms with Gasteiger partial charge in [-0.15, -0.1) is 0 Å². The van der Waals surface area contributed by atoms with Gasteiger partial charge in [-0.25, -0.2) is 0 Å². The number of amides is 1. The molecule has 1 atom stereocenters. The molecule has 2 N–H and O–H groups in total. The third-order valence-corrected chi connectivity index (χ3v) is 3.12. The first-order valence-electron chi connectivity index (χ1n) is 7.31. The van der Waals surface area contributed by atoms with Crippen LogP contribution in [0.25, 0.3) is 0 Å². The quantitative estimate of drug-likeness (QED) is 0.825. The van der Waals surface area contributed by atoms with Crippen molar-refractivity contribution in [2.75, 3.05) is 6.54 Å². The fourth-order valence-electron chi connectivity index (χ4n) is 2.01. The highest BCUT2D eigenvalue weighted by Gasteiger charge is 2.10. The van der Waals surface area contributed by atoms with Gasteiger partial charge in [0.25, 0.3) is 5.91 Å². The molecule has 0 saturated heterocycles. The molecule has 0 aliphatic carbocycles. The molecular formula is C17H21NO4. The molecule has 0 bridgehead atoms. The highest BCUT2D eigenvalue weighted by Crippen LogP contribution is 2.16. The van der Waals surface area contributed by atoms with E-state index in [1.54, 1.807) is 30.3 Å². The maximum atomic E-state index is 12.0. The molecule has 1 amide bonds. The Bertz CT molecular complexity index is 575.